The van der Waals surface area contributed by atoms with E-state index in [9.17, 15) is 9.59 Å². The highest BCUT2D eigenvalue weighted by atomic mass is 35.5. The Balaban J connectivity index is 1.73. The third-order valence-corrected chi connectivity index (χ3v) is 5.01. The van der Waals surface area contributed by atoms with Crippen molar-refractivity contribution >= 4 is 46.5 Å². The van der Waals surface area contributed by atoms with Crippen LogP contribution in [0.5, 0.6) is 0 Å². The van der Waals surface area contributed by atoms with Gasteiger partial charge in [0.2, 0.25) is 5.54 Å². The Morgan fingerprint density at radius 3 is 2.75 bits per heavy atom. The normalized spacial score (nSPS) is 20.9. The third kappa shape index (κ3) is 2.78. The number of para-hydroxylation sites is 2. The van der Waals surface area contributed by atoms with E-state index in [1.807, 2.05) is 25.1 Å². The fraction of sp³-hybridized carbons (Fsp3) is 0.158. The number of amides is 2. The van der Waals surface area contributed by atoms with Crippen LogP contribution in [0.1, 0.15) is 11.4 Å². The number of fused-ring (bicyclic) bond motifs is 1. The van der Waals surface area contributed by atoms with Gasteiger partial charge in [0.25, 0.3) is 11.8 Å². The number of aromatic amines is 1. The van der Waals surface area contributed by atoms with Crippen LogP contribution in [-0.2, 0) is 15.1 Å². The average Bonchev–Trinajstić information content (AvgIpc) is 3.28. The molecule has 8 nitrogen and oxygen atoms in total. The summed E-state index contributed by atoms with van der Waals surface area (Å²) in [6, 6.07) is 11.2. The molecule has 2 heterocycles. The molecular formula is C19H17ClN6O2. The van der Waals surface area contributed by atoms with Crippen molar-refractivity contribution in [3.05, 3.63) is 58.9 Å². The first-order valence-electron chi connectivity index (χ1n) is 8.53. The van der Waals surface area contributed by atoms with Gasteiger partial charge in [-0.05, 0) is 42.8 Å². The maximum Gasteiger partial charge on any atom is 0.253 e. The van der Waals surface area contributed by atoms with Crippen LogP contribution >= 0.6 is 11.6 Å². The molecule has 28 heavy (non-hydrogen) atoms. The molecule has 3 aromatic rings. The minimum Gasteiger partial charge on any atom is -0.367 e. The smallest absolute Gasteiger partial charge is 0.253 e. The van der Waals surface area contributed by atoms with Crippen LogP contribution in [0.15, 0.2) is 47.5 Å². The number of aliphatic imine (C=N–C) groups is 1. The van der Waals surface area contributed by atoms with Gasteiger partial charge in [0.15, 0.2) is 6.04 Å². The molecule has 0 radical (unpaired) electrons. The van der Waals surface area contributed by atoms with Gasteiger partial charge in [0.05, 0.1) is 17.4 Å². The lowest BCUT2D eigenvalue weighted by Gasteiger charge is -2.28. The number of H-pyrrole nitrogens is 1. The molecule has 0 fully saturated rings. The van der Waals surface area contributed by atoms with Crippen molar-refractivity contribution in [1.29, 1.82) is 0 Å². The van der Waals surface area contributed by atoms with Gasteiger partial charge in [-0.25, -0.2) is 4.98 Å². The fourth-order valence-electron chi connectivity index (χ4n) is 3.30. The van der Waals surface area contributed by atoms with Crippen LogP contribution in [0.25, 0.3) is 11.0 Å². The summed E-state index contributed by atoms with van der Waals surface area (Å²) in [7, 11) is 0. The molecule has 2 atom stereocenters. The first-order valence-corrected chi connectivity index (χ1v) is 8.91. The standard InChI is InChI=1S/C19H17ClN6O2/c1-10-8-11(20)6-7-12(10)24-16(27)15-19(17(21)28,23-9-22-15)18-25-13-4-2-3-5-14(13)26-18/h2-9,15H,1H3,(H2,21,28)(H,22,23)(H,24,27)(H,25,26). The molecule has 2 aromatic carbocycles. The monoisotopic (exact) mass is 396 g/mol. The second-order valence-corrected chi connectivity index (χ2v) is 6.98. The highest BCUT2D eigenvalue weighted by molar-refractivity contribution is 6.30. The lowest BCUT2D eigenvalue weighted by Crippen LogP contribution is -2.59. The average molecular weight is 397 g/mol. The van der Waals surface area contributed by atoms with Crippen molar-refractivity contribution in [3.8, 4) is 0 Å². The van der Waals surface area contributed by atoms with E-state index >= 15 is 0 Å². The molecule has 2 unspecified atom stereocenters. The number of carbonyl (C=O) groups excluding carboxylic acids is 2. The maximum atomic E-state index is 13.0. The number of nitrogens with zero attached hydrogens (tertiary/aromatic N) is 2. The highest BCUT2D eigenvalue weighted by Crippen LogP contribution is 2.31. The molecule has 1 aliphatic rings. The van der Waals surface area contributed by atoms with Crippen LogP contribution in [0.4, 0.5) is 5.69 Å². The number of rotatable bonds is 4. The minimum absolute atomic E-state index is 0.228. The molecule has 2 amide bonds. The SMILES string of the molecule is Cc1cc(Cl)ccc1NC(=O)C1N=CNC1(C(N)=O)c1nc2ccccc2[nH]1. The third-order valence-electron chi connectivity index (χ3n) is 4.77. The molecule has 0 saturated carbocycles. The summed E-state index contributed by atoms with van der Waals surface area (Å²) < 4.78 is 0. The van der Waals surface area contributed by atoms with Gasteiger partial charge in [0.1, 0.15) is 5.82 Å². The molecule has 5 N–H and O–H groups in total. The zero-order chi connectivity index (χ0) is 19.9. The number of anilines is 1. The topological polar surface area (TPSA) is 125 Å². The summed E-state index contributed by atoms with van der Waals surface area (Å²) in [5.41, 5.74) is 6.82. The predicted molar refractivity (Wildman–Crippen MR) is 107 cm³/mol. The molecule has 0 aliphatic carbocycles. The molecule has 0 saturated heterocycles. The van der Waals surface area contributed by atoms with E-state index in [0.29, 0.717) is 16.2 Å². The molecule has 1 aromatic heterocycles. The Bertz CT molecular complexity index is 1090. The number of aryl methyl sites for hydroxylation is 1. The number of hydrogen-bond donors (Lipinski definition) is 4. The molecule has 0 spiro atoms. The van der Waals surface area contributed by atoms with Gasteiger partial charge in [0, 0.05) is 10.7 Å². The Morgan fingerprint density at radius 1 is 1.25 bits per heavy atom. The van der Waals surface area contributed by atoms with E-state index in [4.69, 9.17) is 17.3 Å². The van der Waals surface area contributed by atoms with E-state index in [1.54, 1.807) is 24.3 Å². The van der Waals surface area contributed by atoms with Crippen molar-refractivity contribution in [2.75, 3.05) is 5.32 Å². The number of nitrogens with two attached hydrogens (primary N) is 1. The van der Waals surface area contributed by atoms with E-state index < -0.39 is 23.4 Å². The van der Waals surface area contributed by atoms with Gasteiger partial charge in [-0.3, -0.25) is 14.6 Å². The summed E-state index contributed by atoms with van der Waals surface area (Å²) in [6.45, 7) is 1.82. The van der Waals surface area contributed by atoms with Crippen LogP contribution < -0.4 is 16.4 Å². The van der Waals surface area contributed by atoms with Gasteiger partial charge >= 0.3 is 0 Å². The first-order chi connectivity index (χ1) is 13.4. The van der Waals surface area contributed by atoms with Crippen LogP contribution in [0, 0.1) is 6.92 Å². The van der Waals surface area contributed by atoms with Crippen molar-refractivity contribution in [2.24, 2.45) is 10.7 Å². The fourth-order valence-corrected chi connectivity index (χ4v) is 3.52. The van der Waals surface area contributed by atoms with Crippen molar-refractivity contribution < 1.29 is 9.59 Å². The second kappa shape index (κ2) is 6.65. The van der Waals surface area contributed by atoms with E-state index in [1.165, 1.54) is 6.34 Å². The highest BCUT2D eigenvalue weighted by Gasteiger charge is 2.54. The van der Waals surface area contributed by atoms with Crippen LogP contribution in [0.2, 0.25) is 5.02 Å². The van der Waals surface area contributed by atoms with Gasteiger partial charge < -0.3 is 21.4 Å². The van der Waals surface area contributed by atoms with Crippen molar-refractivity contribution in [1.82, 2.24) is 15.3 Å². The second-order valence-electron chi connectivity index (χ2n) is 6.55. The summed E-state index contributed by atoms with van der Waals surface area (Å²) >= 11 is 5.97. The maximum absolute atomic E-state index is 13.0. The zero-order valence-corrected chi connectivity index (χ0v) is 15.6. The number of nitrogens with one attached hydrogen (secondary N) is 3. The Labute approximate surface area is 165 Å². The number of imidazole rings is 1. The van der Waals surface area contributed by atoms with Crippen LogP contribution in [0.3, 0.4) is 0 Å². The predicted octanol–water partition coefficient (Wildman–Crippen LogP) is 1.84. The van der Waals surface area contributed by atoms with Gasteiger partial charge in [-0.2, -0.15) is 0 Å². The number of aromatic nitrogens is 2. The number of hydrogen-bond acceptors (Lipinski definition) is 5. The molecule has 9 heteroatoms. The van der Waals surface area contributed by atoms with E-state index in [0.717, 1.165) is 11.1 Å². The summed E-state index contributed by atoms with van der Waals surface area (Å²) in [5, 5.41) is 6.20. The number of halogens is 1. The molecule has 4 rings (SSSR count). The number of benzene rings is 2. The summed E-state index contributed by atoms with van der Waals surface area (Å²) in [6.07, 6.45) is 1.30. The number of primary amides is 1. The van der Waals surface area contributed by atoms with Crippen molar-refractivity contribution in [3.63, 3.8) is 0 Å². The molecule has 1 aliphatic heterocycles. The molecule has 0 bridgehead atoms. The minimum atomic E-state index is -1.62. The lowest BCUT2D eigenvalue weighted by atomic mass is 9.88. The molecular weight excluding hydrogens is 380 g/mol. The van der Waals surface area contributed by atoms with E-state index in [2.05, 4.69) is 25.6 Å². The van der Waals surface area contributed by atoms with E-state index in [-0.39, 0.29) is 5.82 Å². The van der Waals surface area contributed by atoms with Crippen LogP contribution in [-0.4, -0.2) is 34.2 Å². The summed E-state index contributed by atoms with van der Waals surface area (Å²) in [5.74, 6) is -1.03. The first kappa shape index (κ1) is 18.0. The number of carbonyl (C=O) groups is 2. The Morgan fingerprint density at radius 2 is 2.04 bits per heavy atom. The van der Waals surface area contributed by atoms with Crippen molar-refractivity contribution in [2.45, 2.75) is 18.5 Å². The lowest BCUT2D eigenvalue weighted by molar-refractivity contribution is -0.129. The Hall–Kier alpha value is -3.39. The largest absolute Gasteiger partial charge is 0.367 e. The zero-order valence-electron chi connectivity index (χ0n) is 14.9. The Kier molecular flexibility index (Phi) is 4.27. The van der Waals surface area contributed by atoms with Gasteiger partial charge in [-0.1, -0.05) is 23.7 Å². The molecule has 142 valence electrons. The quantitative estimate of drug-likeness (QED) is 0.536. The summed E-state index contributed by atoms with van der Waals surface area (Å²) in [4.78, 5) is 37.2. The van der Waals surface area contributed by atoms with Gasteiger partial charge in [-0.15, -0.1) is 0 Å².